The third-order valence-electron chi connectivity index (χ3n) is 2.78. The van der Waals surface area contributed by atoms with Crippen LogP contribution < -0.4 is 0 Å². The van der Waals surface area contributed by atoms with Crippen LogP contribution in [0.1, 0.15) is 6.42 Å². The van der Waals surface area contributed by atoms with E-state index in [4.69, 9.17) is 9.47 Å². The fourth-order valence-electron chi connectivity index (χ4n) is 1.67. The Morgan fingerprint density at radius 1 is 1.00 bits per heavy atom. The van der Waals surface area contributed by atoms with E-state index in [1.807, 2.05) is 0 Å². The lowest BCUT2D eigenvalue weighted by atomic mass is 10.3. The summed E-state index contributed by atoms with van der Waals surface area (Å²) in [6.07, 6.45) is 0.999. The van der Waals surface area contributed by atoms with E-state index in [-0.39, 0.29) is 0 Å². The molecule has 1 rings (SSSR count). The fraction of sp³-hybridized carbons (Fsp3) is 1.00. The Balaban J connectivity index is 1.87. The average Bonchev–Trinajstić information content (AvgIpc) is 2.26. The van der Waals surface area contributed by atoms with Crippen molar-refractivity contribution < 1.29 is 9.47 Å². The molecular formula is C11H24N2O2. The van der Waals surface area contributed by atoms with E-state index < -0.39 is 0 Å². The van der Waals surface area contributed by atoms with E-state index in [1.165, 1.54) is 26.2 Å². The molecule has 0 aliphatic carbocycles. The Morgan fingerprint density at radius 3 is 2.40 bits per heavy atom. The van der Waals surface area contributed by atoms with Gasteiger partial charge in [0.1, 0.15) is 0 Å². The molecule has 1 fully saturated rings. The highest BCUT2D eigenvalue weighted by molar-refractivity contribution is 4.68. The van der Waals surface area contributed by atoms with Crippen molar-refractivity contribution in [3.05, 3.63) is 0 Å². The lowest BCUT2D eigenvalue weighted by molar-refractivity contribution is 0.0695. The van der Waals surface area contributed by atoms with Gasteiger partial charge in [0.2, 0.25) is 0 Å². The zero-order valence-electron chi connectivity index (χ0n) is 10.1. The first-order chi connectivity index (χ1) is 7.33. The van der Waals surface area contributed by atoms with Crippen LogP contribution in [-0.2, 0) is 9.47 Å². The van der Waals surface area contributed by atoms with Crippen LogP contribution in [0.4, 0.5) is 0 Å². The van der Waals surface area contributed by atoms with Gasteiger partial charge in [-0.05, 0) is 13.5 Å². The number of ether oxygens (including phenoxy) is 2. The molecule has 0 saturated carbocycles. The number of hydrogen-bond donors (Lipinski definition) is 0. The molecule has 0 aromatic carbocycles. The molecule has 0 aromatic rings. The second kappa shape index (κ2) is 8.05. The predicted molar refractivity (Wildman–Crippen MR) is 61.2 cm³/mol. The van der Waals surface area contributed by atoms with Crippen molar-refractivity contribution in [1.29, 1.82) is 0 Å². The monoisotopic (exact) mass is 216 g/mol. The first-order valence-corrected chi connectivity index (χ1v) is 5.80. The highest BCUT2D eigenvalue weighted by atomic mass is 16.5. The molecule has 90 valence electrons. The third-order valence-corrected chi connectivity index (χ3v) is 2.78. The SMILES string of the molecule is COCCCOCCN1CCN(C)CC1. The number of nitrogens with zero attached hydrogens (tertiary/aromatic N) is 2. The highest BCUT2D eigenvalue weighted by Gasteiger charge is 2.12. The molecule has 0 bridgehead atoms. The predicted octanol–water partition coefficient (Wildman–Crippen LogP) is 0.287. The Labute approximate surface area is 93.1 Å². The number of piperazine rings is 1. The number of methoxy groups -OCH3 is 1. The number of rotatable bonds is 7. The first-order valence-electron chi connectivity index (χ1n) is 5.80. The molecule has 1 aliphatic rings. The van der Waals surface area contributed by atoms with Crippen molar-refractivity contribution in [3.8, 4) is 0 Å². The Kier molecular flexibility index (Phi) is 6.92. The molecule has 4 nitrogen and oxygen atoms in total. The molecule has 0 unspecified atom stereocenters. The van der Waals surface area contributed by atoms with Gasteiger partial charge in [0.05, 0.1) is 6.61 Å². The van der Waals surface area contributed by atoms with E-state index >= 15 is 0 Å². The van der Waals surface area contributed by atoms with Gasteiger partial charge in [0.25, 0.3) is 0 Å². The van der Waals surface area contributed by atoms with E-state index in [0.717, 1.165) is 32.8 Å². The van der Waals surface area contributed by atoms with E-state index in [2.05, 4.69) is 16.8 Å². The molecule has 0 amide bonds. The van der Waals surface area contributed by atoms with Crippen LogP contribution in [-0.4, -0.2) is 76.5 Å². The van der Waals surface area contributed by atoms with Crippen LogP contribution in [0, 0.1) is 0 Å². The summed E-state index contributed by atoms with van der Waals surface area (Å²) in [5.41, 5.74) is 0. The van der Waals surface area contributed by atoms with Crippen molar-refractivity contribution in [2.75, 3.05) is 66.7 Å². The van der Waals surface area contributed by atoms with E-state index in [1.54, 1.807) is 7.11 Å². The summed E-state index contributed by atoms with van der Waals surface area (Å²) in [5, 5.41) is 0. The van der Waals surface area contributed by atoms with Crippen LogP contribution in [0.2, 0.25) is 0 Å². The largest absolute Gasteiger partial charge is 0.385 e. The molecule has 0 spiro atoms. The maximum absolute atomic E-state index is 5.53. The molecular weight excluding hydrogens is 192 g/mol. The molecule has 1 aliphatic heterocycles. The molecule has 0 N–H and O–H groups in total. The third kappa shape index (κ3) is 6.10. The fourth-order valence-corrected chi connectivity index (χ4v) is 1.67. The van der Waals surface area contributed by atoms with Gasteiger partial charge in [-0.15, -0.1) is 0 Å². The van der Waals surface area contributed by atoms with Crippen molar-refractivity contribution >= 4 is 0 Å². The molecule has 1 heterocycles. The van der Waals surface area contributed by atoms with Gasteiger partial charge in [-0.2, -0.15) is 0 Å². The van der Waals surface area contributed by atoms with Gasteiger partial charge in [0.15, 0.2) is 0 Å². The minimum absolute atomic E-state index is 0.800. The Hall–Kier alpha value is -0.160. The minimum atomic E-state index is 0.800. The molecule has 0 radical (unpaired) electrons. The summed E-state index contributed by atoms with van der Waals surface area (Å²) < 4.78 is 10.5. The highest BCUT2D eigenvalue weighted by Crippen LogP contribution is 1.98. The molecule has 15 heavy (non-hydrogen) atoms. The van der Waals surface area contributed by atoms with Crippen molar-refractivity contribution in [3.63, 3.8) is 0 Å². The van der Waals surface area contributed by atoms with Crippen LogP contribution in [0.5, 0.6) is 0 Å². The van der Waals surface area contributed by atoms with Gasteiger partial charge in [-0.25, -0.2) is 0 Å². The summed E-state index contributed by atoms with van der Waals surface area (Å²) in [7, 11) is 3.91. The maximum Gasteiger partial charge on any atom is 0.0593 e. The molecule has 1 saturated heterocycles. The van der Waals surface area contributed by atoms with Gasteiger partial charge >= 0.3 is 0 Å². The summed E-state index contributed by atoms with van der Waals surface area (Å²) in [5.74, 6) is 0. The summed E-state index contributed by atoms with van der Waals surface area (Å²) >= 11 is 0. The van der Waals surface area contributed by atoms with E-state index in [9.17, 15) is 0 Å². The summed E-state index contributed by atoms with van der Waals surface area (Å²) in [6, 6.07) is 0. The topological polar surface area (TPSA) is 24.9 Å². The van der Waals surface area contributed by atoms with Crippen LogP contribution in [0.3, 0.4) is 0 Å². The van der Waals surface area contributed by atoms with Crippen LogP contribution in [0.15, 0.2) is 0 Å². The Morgan fingerprint density at radius 2 is 1.73 bits per heavy atom. The zero-order chi connectivity index (χ0) is 10.9. The standard InChI is InChI=1S/C11H24N2O2/c1-12-4-6-13(7-5-12)8-11-15-10-3-9-14-2/h3-11H2,1-2H3. The first kappa shape index (κ1) is 12.9. The van der Waals surface area contributed by atoms with E-state index in [0.29, 0.717) is 0 Å². The number of likely N-dealkylation sites (N-methyl/N-ethyl adjacent to an activating group) is 1. The van der Waals surface area contributed by atoms with Gasteiger partial charge in [-0.1, -0.05) is 0 Å². The van der Waals surface area contributed by atoms with Crippen LogP contribution >= 0.6 is 0 Å². The second-order valence-corrected chi connectivity index (χ2v) is 4.10. The minimum Gasteiger partial charge on any atom is -0.385 e. The molecule has 0 atom stereocenters. The number of hydrogen-bond acceptors (Lipinski definition) is 4. The lowest BCUT2D eigenvalue weighted by Crippen LogP contribution is -2.45. The van der Waals surface area contributed by atoms with Crippen molar-refractivity contribution in [1.82, 2.24) is 9.80 Å². The van der Waals surface area contributed by atoms with Gasteiger partial charge in [-0.3, -0.25) is 4.90 Å². The molecule has 0 aromatic heterocycles. The Bertz CT molecular complexity index is 148. The molecule has 4 heteroatoms. The van der Waals surface area contributed by atoms with Gasteiger partial charge < -0.3 is 14.4 Å². The lowest BCUT2D eigenvalue weighted by Gasteiger charge is -2.32. The summed E-state index contributed by atoms with van der Waals surface area (Å²) in [6.45, 7) is 8.27. The maximum atomic E-state index is 5.53. The van der Waals surface area contributed by atoms with Gasteiger partial charge in [0, 0.05) is 53.0 Å². The van der Waals surface area contributed by atoms with Crippen molar-refractivity contribution in [2.45, 2.75) is 6.42 Å². The quantitative estimate of drug-likeness (QED) is 0.571. The van der Waals surface area contributed by atoms with Crippen LogP contribution in [0.25, 0.3) is 0 Å². The second-order valence-electron chi connectivity index (χ2n) is 4.10. The zero-order valence-corrected chi connectivity index (χ0v) is 10.1. The smallest absolute Gasteiger partial charge is 0.0593 e. The average molecular weight is 216 g/mol. The normalized spacial score (nSPS) is 19.6. The summed E-state index contributed by atoms with van der Waals surface area (Å²) in [4.78, 5) is 4.84. The van der Waals surface area contributed by atoms with Crippen molar-refractivity contribution in [2.24, 2.45) is 0 Å².